The Kier molecular flexibility index (Phi) is 5.21. The van der Waals surface area contributed by atoms with Crippen LogP contribution in [0.1, 0.15) is 11.3 Å². The zero-order valence-corrected chi connectivity index (χ0v) is 12.4. The first-order valence-corrected chi connectivity index (χ1v) is 7.21. The lowest BCUT2D eigenvalue weighted by Gasteiger charge is -2.11. The van der Waals surface area contributed by atoms with Crippen molar-refractivity contribution in [2.75, 3.05) is 13.7 Å². The highest BCUT2D eigenvalue weighted by Gasteiger charge is 2.05. The summed E-state index contributed by atoms with van der Waals surface area (Å²) >= 11 is 3.46. The van der Waals surface area contributed by atoms with Crippen LogP contribution in [-0.4, -0.2) is 18.7 Å². The molecular weight excluding hydrogens is 306 g/mol. The Bertz CT molecular complexity index is 517. The van der Waals surface area contributed by atoms with E-state index in [4.69, 9.17) is 9.47 Å². The van der Waals surface area contributed by atoms with Gasteiger partial charge >= 0.3 is 0 Å². The third-order valence-corrected chi connectivity index (χ3v) is 3.36. The molecule has 1 aromatic carbocycles. The van der Waals surface area contributed by atoms with Gasteiger partial charge in [0.1, 0.15) is 11.5 Å². The molecule has 1 aromatic heterocycles. The number of nitrogens with zero attached hydrogens (tertiary/aromatic N) is 1. The van der Waals surface area contributed by atoms with Crippen LogP contribution in [0.5, 0.6) is 11.5 Å². The second-order valence-electron chi connectivity index (χ2n) is 4.03. The summed E-state index contributed by atoms with van der Waals surface area (Å²) in [5.74, 6) is 1.72. The van der Waals surface area contributed by atoms with Crippen molar-refractivity contribution >= 4 is 15.9 Å². The smallest absolute Gasteiger partial charge is 0.123 e. The van der Waals surface area contributed by atoms with Crippen LogP contribution in [0.25, 0.3) is 0 Å². The summed E-state index contributed by atoms with van der Waals surface area (Å²) < 4.78 is 11.0. The summed E-state index contributed by atoms with van der Waals surface area (Å²) in [7, 11) is 1.66. The number of halogens is 1. The molecule has 2 aromatic rings. The van der Waals surface area contributed by atoms with E-state index < -0.39 is 0 Å². The number of hydrogen-bond acceptors (Lipinski definition) is 3. The molecule has 0 saturated carbocycles. The lowest BCUT2D eigenvalue weighted by atomic mass is 10.2. The van der Waals surface area contributed by atoms with Crippen LogP contribution in [0.4, 0.5) is 0 Å². The minimum atomic E-state index is 0.614. The molecule has 4 heteroatoms. The number of ether oxygens (including phenoxy) is 2. The summed E-state index contributed by atoms with van der Waals surface area (Å²) in [5.41, 5.74) is 2.12. The Hall–Kier alpha value is -1.55. The summed E-state index contributed by atoms with van der Waals surface area (Å²) in [6.07, 6.45) is 2.60. The molecule has 0 aliphatic carbocycles. The van der Waals surface area contributed by atoms with E-state index >= 15 is 0 Å². The normalized spacial score (nSPS) is 10.2. The number of methoxy groups -OCH3 is 1. The van der Waals surface area contributed by atoms with E-state index in [9.17, 15) is 0 Å². The summed E-state index contributed by atoms with van der Waals surface area (Å²) in [6, 6.07) is 11.7. The Morgan fingerprint density at radius 1 is 1.21 bits per heavy atom. The van der Waals surface area contributed by atoms with E-state index in [0.29, 0.717) is 6.61 Å². The molecule has 19 heavy (non-hydrogen) atoms. The Morgan fingerprint density at radius 2 is 2.11 bits per heavy atom. The number of hydrogen-bond donors (Lipinski definition) is 0. The van der Waals surface area contributed by atoms with E-state index in [2.05, 4.69) is 20.9 Å². The van der Waals surface area contributed by atoms with Gasteiger partial charge in [0.25, 0.3) is 0 Å². The maximum Gasteiger partial charge on any atom is 0.123 e. The number of rotatable bonds is 6. The number of pyridine rings is 1. The Balaban J connectivity index is 1.96. The SMILES string of the molecule is COc1ccc(OCCc2ccccn2)c(CBr)c1. The Labute approximate surface area is 121 Å². The molecule has 0 atom stereocenters. The molecule has 0 unspecified atom stereocenters. The van der Waals surface area contributed by atoms with E-state index in [0.717, 1.165) is 34.5 Å². The van der Waals surface area contributed by atoms with Gasteiger partial charge in [0.2, 0.25) is 0 Å². The molecule has 1 heterocycles. The van der Waals surface area contributed by atoms with E-state index in [1.165, 1.54) is 0 Å². The maximum absolute atomic E-state index is 5.81. The van der Waals surface area contributed by atoms with Gasteiger partial charge in [-0.05, 0) is 30.3 Å². The highest BCUT2D eigenvalue weighted by molar-refractivity contribution is 9.08. The van der Waals surface area contributed by atoms with Crippen LogP contribution in [-0.2, 0) is 11.8 Å². The molecule has 0 spiro atoms. The number of benzene rings is 1. The fourth-order valence-corrected chi connectivity index (χ4v) is 2.18. The van der Waals surface area contributed by atoms with Crippen molar-refractivity contribution in [3.63, 3.8) is 0 Å². The highest BCUT2D eigenvalue weighted by atomic mass is 79.9. The van der Waals surface area contributed by atoms with Crippen LogP contribution in [0.2, 0.25) is 0 Å². The molecule has 2 rings (SSSR count). The monoisotopic (exact) mass is 321 g/mol. The van der Waals surface area contributed by atoms with Gasteiger partial charge in [-0.1, -0.05) is 22.0 Å². The van der Waals surface area contributed by atoms with Crippen molar-refractivity contribution in [1.82, 2.24) is 4.98 Å². The topological polar surface area (TPSA) is 31.4 Å². The Morgan fingerprint density at radius 3 is 2.79 bits per heavy atom. The third-order valence-electron chi connectivity index (χ3n) is 2.75. The molecule has 3 nitrogen and oxygen atoms in total. The molecule has 0 bridgehead atoms. The van der Waals surface area contributed by atoms with Crippen molar-refractivity contribution < 1.29 is 9.47 Å². The molecule has 0 saturated heterocycles. The van der Waals surface area contributed by atoms with Gasteiger partial charge in [-0.15, -0.1) is 0 Å². The van der Waals surface area contributed by atoms with Crippen LogP contribution in [0.15, 0.2) is 42.6 Å². The van der Waals surface area contributed by atoms with Gasteiger partial charge in [0.05, 0.1) is 13.7 Å². The summed E-state index contributed by atoms with van der Waals surface area (Å²) in [6.45, 7) is 0.614. The maximum atomic E-state index is 5.81. The van der Waals surface area contributed by atoms with E-state index in [-0.39, 0.29) is 0 Å². The molecule has 0 amide bonds. The largest absolute Gasteiger partial charge is 0.497 e. The first kappa shape index (κ1) is 13.9. The fraction of sp³-hybridized carbons (Fsp3) is 0.267. The predicted octanol–water partition coefficient (Wildman–Crippen LogP) is 3.61. The predicted molar refractivity (Wildman–Crippen MR) is 79.1 cm³/mol. The summed E-state index contributed by atoms with van der Waals surface area (Å²) in [4.78, 5) is 4.27. The molecule has 0 aliphatic heterocycles. The quantitative estimate of drug-likeness (QED) is 0.762. The van der Waals surface area contributed by atoms with Crippen molar-refractivity contribution in [1.29, 1.82) is 0 Å². The first-order chi connectivity index (χ1) is 9.33. The van der Waals surface area contributed by atoms with Gasteiger partial charge in [-0.2, -0.15) is 0 Å². The molecule has 0 aliphatic rings. The zero-order chi connectivity index (χ0) is 13.5. The number of alkyl halides is 1. The zero-order valence-electron chi connectivity index (χ0n) is 10.8. The van der Waals surface area contributed by atoms with Crippen molar-refractivity contribution in [3.05, 3.63) is 53.9 Å². The lowest BCUT2D eigenvalue weighted by molar-refractivity contribution is 0.317. The fourth-order valence-electron chi connectivity index (χ4n) is 1.74. The average molecular weight is 322 g/mol. The molecule has 0 N–H and O–H groups in total. The van der Waals surface area contributed by atoms with E-state index in [1.807, 2.05) is 36.4 Å². The van der Waals surface area contributed by atoms with Crippen LogP contribution in [0, 0.1) is 0 Å². The average Bonchev–Trinajstić information content (AvgIpc) is 2.48. The van der Waals surface area contributed by atoms with Gasteiger partial charge in [-0.3, -0.25) is 4.98 Å². The summed E-state index contributed by atoms with van der Waals surface area (Å²) in [5, 5.41) is 0.739. The molecular formula is C15H16BrNO2. The molecule has 100 valence electrons. The number of aromatic nitrogens is 1. The van der Waals surface area contributed by atoms with Crippen molar-refractivity contribution in [2.24, 2.45) is 0 Å². The van der Waals surface area contributed by atoms with Crippen LogP contribution >= 0.6 is 15.9 Å². The van der Waals surface area contributed by atoms with Crippen molar-refractivity contribution in [3.8, 4) is 11.5 Å². The second kappa shape index (κ2) is 7.14. The lowest BCUT2D eigenvalue weighted by Crippen LogP contribution is -2.04. The van der Waals surface area contributed by atoms with Crippen molar-refractivity contribution in [2.45, 2.75) is 11.8 Å². The highest BCUT2D eigenvalue weighted by Crippen LogP contribution is 2.26. The van der Waals surface area contributed by atoms with Crippen LogP contribution < -0.4 is 9.47 Å². The van der Waals surface area contributed by atoms with Gasteiger partial charge in [0.15, 0.2) is 0 Å². The minimum absolute atomic E-state index is 0.614. The van der Waals surface area contributed by atoms with Gasteiger partial charge in [0, 0.05) is 29.2 Å². The van der Waals surface area contributed by atoms with Gasteiger partial charge in [-0.25, -0.2) is 0 Å². The van der Waals surface area contributed by atoms with Crippen LogP contribution in [0.3, 0.4) is 0 Å². The van der Waals surface area contributed by atoms with E-state index in [1.54, 1.807) is 13.3 Å². The van der Waals surface area contributed by atoms with Gasteiger partial charge < -0.3 is 9.47 Å². The molecule has 0 fully saturated rings. The first-order valence-electron chi connectivity index (χ1n) is 6.09. The minimum Gasteiger partial charge on any atom is -0.497 e. The molecule has 0 radical (unpaired) electrons. The standard InChI is InChI=1S/C15H16BrNO2/c1-18-14-5-6-15(12(10-14)11-16)19-9-7-13-4-2-3-8-17-13/h2-6,8,10H,7,9,11H2,1H3. The third kappa shape index (κ3) is 3.96. The second-order valence-corrected chi connectivity index (χ2v) is 4.59.